The number of rotatable bonds is 4. The molecule has 0 saturated heterocycles. The molecule has 0 bridgehead atoms. The average Bonchev–Trinajstić information content (AvgIpc) is 2.64. The fourth-order valence-electron chi connectivity index (χ4n) is 2.84. The minimum atomic E-state index is -0.235. The zero-order valence-corrected chi connectivity index (χ0v) is 15.1. The Morgan fingerprint density at radius 3 is 2.60 bits per heavy atom. The second-order valence-corrected chi connectivity index (χ2v) is 6.75. The van der Waals surface area contributed by atoms with Crippen LogP contribution in [-0.4, -0.2) is 28.0 Å². The molecule has 1 fully saturated rings. The predicted octanol–water partition coefficient (Wildman–Crippen LogP) is 3.23. The van der Waals surface area contributed by atoms with Crippen molar-refractivity contribution < 1.29 is 9.53 Å². The fraction of sp³-hybridized carbons (Fsp3) is 0.333. The molecule has 25 heavy (non-hydrogen) atoms. The van der Waals surface area contributed by atoms with Crippen LogP contribution >= 0.6 is 15.9 Å². The van der Waals surface area contributed by atoms with Crippen molar-refractivity contribution in [1.82, 2.24) is 15.3 Å². The first-order chi connectivity index (χ1) is 12.2. The van der Waals surface area contributed by atoms with Crippen LogP contribution in [0.15, 0.2) is 41.1 Å². The summed E-state index contributed by atoms with van der Waals surface area (Å²) in [6.07, 6.45) is 6.64. The van der Waals surface area contributed by atoms with E-state index in [-0.39, 0.29) is 23.9 Å². The molecule has 1 aromatic carbocycles. The van der Waals surface area contributed by atoms with E-state index in [1.54, 1.807) is 24.5 Å². The fourth-order valence-corrected chi connectivity index (χ4v) is 3.29. The number of nitrogens with one attached hydrogen (secondary N) is 1. The highest BCUT2D eigenvalue weighted by Crippen LogP contribution is 2.27. The Morgan fingerprint density at radius 1 is 1.24 bits per heavy atom. The third-order valence-corrected chi connectivity index (χ3v) is 4.80. The largest absolute Gasteiger partial charge is 0.490 e. The van der Waals surface area contributed by atoms with Crippen LogP contribution in [0.4, 0.5) is 0 Å². The molecule has 3 rings (SSSR count). The minimum absolute atomic E-state index is 0.112. The summed E-state index contributed by atoms with van der Waals surface area (Å²) in [7, 11) is 0. The van der Waals surface area contributed by atoms with Crippen LogP contribution in [0, 0.1) is 11.3 Å². The van der Waals surface area contributed by atoms with E-state index in [0.717, 1.165) is 35.9 Å². The number of hydrogen-bond donors (Lipinski definition) is 1. The summed E-state index contributed by atoms with van der Waals surface area (Å²) in [4.78, 5) is 20.0. The number of amides is 1. The molecule has 0 aliphatic heterocycles. The van der Waals surface area contributed by atoms with Gasteiger partial charge in [-0.15, -0.1) is 0 Å². The van der Waals surface area contributed by atoms with E-state index in [1.165, 1.54) is 0 Å². The summed E-state index contributed by atoms with van der Waals surface area (Å²) in [6.45, 7) is 0. The summed E-state index contributed by atoms with van der Waals surface area (Å²) in [5.41, 5.74) is 0.585. The first-order valence-electron chi connectivity index (χ1n) is 8.10. The van der Waals surface area contributed by atoms with Gasteiger partial charge in [0.15, 0.2) is 0 Å². The number of carbonyl (C=O) groups is 1. The van der Waals surface area contributed by atoms with Gasteiger partial charge in [0.2, 0.25) is 5.82 Å². The molecule has 128 valence electrons. The van der Waals surface area contributed by atoms with E-state index in [0.29, 0.717) is 5.56 Å². The van der Waals surface area contributed by atoms with Crippen LogP contribution in [0.3, 0.4) is 0 Å². The maximum atomic E-state index is 12.1. The molecule has 2 aromatic rings. The first kappa shape index (κ1) is 17.4. The molecule has 0 spiro atoms. The van der Waals surface area contributed by atoms with Crippen LogP contribution in [0.5, 0.6) is 5.75 Å². The van der Waals surface area contributed by atoms with Crippen LogP contribution in [0.25, 0.3) is 0 Å². The van der Waals surface area contributed by atoms with Crippen molar-refractivity contribution in [3.05, 3.63) is 52.5 Å². The van der Waals surface area contributed by atoms with Crippen molar-refractivity contribution in [2.45, 2.75) is 37.8 Å². The van der Waals surface area contributed by atoms with Crippen molar-refractivity contribution in [3.63, 3.8) is 0 Å². The number of benzene rings is 1. The zero-order valence-electron chi connectivity index (χ0n) is 13.5. The van der Waals surface area contributed by atoms with Crippen LogP contribution in [-0.2, 0) is 0 Å². The van der Waals surface area contributed by atoms with Crippen LogP contribution in [0.2, 0.25) is 0 Å². The summed E-state index contributed by atoms with van der Waals surface area (Å²) in [5, 5.41) is 11.9. The van der Waals surface area contributed by atoms with Gasteiger partial charge in [-0.1, -0.05) is 0 Å². The molecule has 1 saturated carbocycles. The lowest BCUT2D eigenvalue weighted by Crippen LogP contribution is -2.40. The van der Waals surface area contributed by atoms with Crippen molar-refractivity contribution >= 4 is 21.8 Å². The average molecular weight is 401 g/mol. The Balaban J connectivity index is 1.50. The second-order valence-electron chi connectivity index (χ2n) is 5.89. The Morgan fingerprint density at radius 2 is 1.96 bits per heavy atom. The van der Waals surface area contributed by atoms with Crippen molar-refractivity contribution in [3.8, 4) is 11.8 Å². The van der Waals surface area contributed by atoms with Crippen molar-refractivity contribution in [1.29, 1.82) is 5.26 Å². The molecule has 1 amide bonds. The Bertz CT molecular complexity index is 783. The normalized spacial score (nSPS) is 19.7. The maximum Gasteiger partial charge on any atom is 0.289 e. The summed E-state index contributed by atoms with van der Waals surface area (Å²) in [5.74, 6) is 0.709. The van der Waals surface area contributed by atoms with Gasteiger partial charge in [0, 0.05) is 22.9 Å². The molecule has 1 aromatic heterocycles. The van der Waals surface area contributed by atoms with Gasteiger partial charge < -0.3 is 10.1 Å². The molecule has 0 atom stereocenters. The van der Waals surface area contributed by atoms with E-state index in [1.807, 2.05) is 12.1 Å². The van der Waals surface area contributed by atoms with Crippen molar-refractivity contribution in [2.75, 3.05) is 0 Å². The van der Waals surface area contributed by atoms with Gasteiger partial charge in [0.05, 0.1) is 11.7 Å². The zero-order chi connectivity index (χ0) is 17.6. The molecule has 1 heterocycles. The number of nitrogens with zero attached hydrogens (tertiary/aromatic N) is 3. The topological polar surface area (TPSA) is 87.9 Å². The van der Waals surface area contributed by atoms with Crippen molar-refractivity contribution in [2.24, 2.45) is 0 Å². The Kier molecular flexibility index (Phi) is 5.61. The van der Waals surface area contributed by atoms with E-state index < -0.39 is 0 Å². The smallest absolute Gasteiger partial charge is 0.289 e. The molecular formula is C18H17BrN4O2. The van der Waals surface area contributed by atoms with Gasteiger partial charge in [0.25, 0.3) is 5.91 Å². The first-order valence-corrected chi connectivity index (χ1v) is 8.89. The van der Waals surface area contributed by atoms with Gasteiger partial charge in [0.1, 0.15) is 11.8 Å². The monoisotopic (exact) mass is 400 g/mol. The predicted molar refractivity (Wildman–Crippen MR) is 95.0 cm³/mol. The highest BCUT2D eigenvalue weighted by atomic mass is 79.9. The lowest BCUT2D eigenvalue weighted by Gasteiger charge is -2.29. The number of aromatic nitrogens is 2. The lowest BCUT2D eigenvalue weighted by atomic mass is 9.93. The van der Waals surface area contributed by atoms with E-state index in [2.05, 4.69) is 37.3 Å². The molecule has 0 radical (unpaired) electrons. The molecule has 0 unspecified atom stereocenters. The van der Waals surface area contributed by atoms with E-state index >= 15 is 0 Å². The summed E-state index contributed by atoms with van der Waals surface area (Å²) in [6, 6.07) is 9.28. The minimum Gasteiger partial charge on any atom is -0.490 e. The lowest BCUT2D eigenvalue weighted by molar-refractivity contribution is 0.0883. The maximum absolute atomic E-state index is 12.1. The molecule has 1 aliphatic rings. The van der Waals surface area contributed by atoms with Gasteiger partial charge in [-0.2, -0.15) is 5.26 Å². The third-order valence-electron chi connectivity index (χ3n) is 4.14. The molecule has 1 aliphatic carbocycles. The summed E-state index contributed by atoms with van der Waals surface area (Å²) >= 11 is 3.37. The SMILES string of the molecule is N#Cc1ccc(O[C@H]2CC[C@H](NC(=O)c3ncccn3)CC2)cc1Br. The van der Waals surface area contributed by atoms with Gasteiger partial charge in [-0.3, -0.25) is 4.79 Å². The highest BCUT2D eigenvalue weighted by molar-refractivity contribution is 9.10. The number of ether oxygens (including phenoxy) is 1. The van der Waals surface area contributed by atoms with Gasteiger partial charge >= 0.3 is 0 Å². The van der Waals surface area contributed by atoms with Crippen LogP contribution in [0.1, 0.15) is 41.9 Å². The standard InChI is InChI=1S/C18H17BrN4O2/c19-16-10-15(5-2-12(16)11-20)25-14-6-3-13(4-7-14)23-18(24)17-21-8-1-9-22-17/h1-2,5,8-10,13-14H,3-4,6-7H2,(H,23,24)/t13-,14-. The summed E-state index contributed by atoms with van der Waals surface area (Å²) < 4.78 is 6.73. The second kappa shape index (κ2) is 8.08. The molecule has 1 N–H and O–H groups in total. The van der Waals surface area contributed by atoms with Crippen LogP contribution < -0.4 is 10.1 Å². The molecule has 7 heteroatoms. The highest BCUT2D eigenvalue weighted by Gasteiger charge is 2.24. The molecule has 6 nitrogen and oxygen atoms in total. The van der Waals surface area contributed by atoms with Gasteiger partial charge in [-0.05, 0) is 65.9 Å². The number of hydrogen-bond acceptors (Lipinski definition) is 5. The number of nitriles is 1. The molecular weight excluding hydrogens is 384 g/mol. The Hall–Kier alpha value is -2.46. The number of carbonyl (C=O) groups excluding carboxylic acids is 1. The Labute approximate surface area is 154 Å². The van der Waals surface area contributed by atoms with Gasteiger partial charge in [-0.25, -0.2) is 9.97 Å². The quantitative estimate of drug-likeness (QED) is 0.850. The van der Waals surface area contributed by atoms with E-state index in [9.17, 15) is 4.79 Å². The number of halogens is 1. The third kappa shape index (κ3) is 4.54. The van der Waals surface area contributed by atoms with E-state index in [4.69, 9.17) is 10.00 Å².